The van der Waals surface area contributed by atoms with Crippen LogP contribution >= 0.6 is 0 Å². The highest BCUT2D eigenvalue weighted by molar-refractivity contribution is 5.17. The standard InChI is InChI=1S/C26H47NO/c1-3-5-7-9-11-12-13-14-16-18-22-26(28,25-20-19-23-27-24-25)21-17-15-10-8-6-4-2/h19-20,23-24,28H,3-18,21-22H2,1-2H3. The monoisotopic (exact) mass is 389 g/mol. The van der Waals surface area contributed by atoms with Crippen LogP contribution in [0.5, 0.6) is 0 Å². The van der Waals surface area contributed by atoms with Crippen LogP contribution in [0.3, 0.4) is 0 Å². The quantitative estimate of drug-likeness (QED) is 0.241. The van der Waals surface area contributed by atoms with Gasteiger partial charge >= 0.3 is 0 Å². The predicted molar refractivity (Wildman–Crippen MR) is 123 cm³/mol. The molecule has 0 aliphatic heterocycles. The van der Waals surface area contributed by atoms with Gasteiger partial charge in [-0.05, 0) is 18.9 Å². The molecule has 0 fully saturated rings. The summed E-state index contributed by atoms with van der Waals surface area (Å²) in [6, 6.07) is 4.01. The van der Waals surface area contributed by atoms with E-state index in [0.29, 0.717) is 0 Å². The molecule has 2 heteroatoms. The molecule has 0 aliphatic rings. The maximum atomic E-state index is 11.4. The van der Waals surface area contributed by atoms with Crippen LogP contribution in [0.25, 0.3) is 0 Å². The summed E-state index contributed by atoms with van der Waals surface area (Å²) in [4.78, 5) is 4.26. The Hall–Kier alpha value is -0.890. The highest BCUT2D eigenvalue weighted by Crippen LogP contribution is 2.33. The van der Waals surface area contributed by atoms with Crippen molar-refractivity contribution in [3.8, 4) is 0 Å². The smallest absolute Gasteiger partial charge is 0.0911 e. The minimum Gasteiger partial charge on any atom is -0.385 e. The van der Waals surface area contributed by atoms with Crippen molar-refractivity contribution in [2.75, 3.05) is 0 Å². The van der Waals surface area contributed by atoms with E-state index in [4.69, 9.17) is 0 Å². The zero-order valence-corrected chi connectivity index (χ0v) is 18.9. The number of pyridine rings is 1. The molecule has 0 aliphatic carbocycles. The van der Waals surface area contributed by atoms with Gasteiger partial charge in [0.1, 0.15) is 0 Å². The van der Waals surface area contributed by atoms with Crippen LogP contribution in [0.4, 0.5) is 0 Å². The number of unbranched alkanes of at least 4 members (excludes halogenated alkanes) is 14. The summed E-state index contributed by atoms with van der Waals surface area (Å²) in [6.45, 7) is 4.53. The topological polar surface area (TPSA) is 33.1 Å². The first kappa shape index (κ1) is 25.1. The van der Waals surface area contributed by atoms with E-state index >= 15 is 0 Å². The summed E-state index contributed by atoms with van der Waals surface area (Å²) < 4.78 is 0. The minimum absolute atomic E-state index is 0.681. The number of nitrogens with zero attached hydrogens (tertiary/aromatic N) is 1. The van der Waals surface area contributed by atoms with Crippen LogP contribution in [-0.4, -0.2) is 10.1 Å². The zero-order valence-electron chi connectivity index (χ0n) is 18.9. The first-order valence-electron chi connectivity index (χ1n) is 12.4. The molecule has 1 rings (SSSR count). The van der Waals surface area contributed by atoms with Crippen LogP contribution in [-0.2, 0) is 5.60 Å². The molecule has 1 heterocycles. The number of aliphatic hydroxyl groups is 1. The average molecular weight is 390 g/mol. The van der Waals surface area contributed by atoms with Gasteiger partial charge in [0.25, 0.3) is 0 Å². The lowest BCUT2D eigenvalue weighted by atomic mass is 9.84. The van der Waals surface area contributed by atoms with Crippen molar-refractivity contribution >= 4 is 0 Å². The molecule has 0 radical (unpaired) electrons. The fourth-order valence-electron chi connectivity index (χ4n) is 4.15. The molecule has 1 aromatic rings. The molecule has 0 saturated heterocycles. The molecule has 1 atom stereocenters. The first-order chi connectivity index (χ1) is 13.7. The Bertz CT molecular complexity index is 447. The normalized spacial score (nSPS) is 13.5. The summed E-state index contributed by atoms with van der Waals surface area (Å²) in [6.07, 6.45) is 26.4. The highest BCUT2D eigenvalue weighted by Gasteiger charge is 2.28. The van der Waals surface area contributed by atoms with Gasteiger partial charge in [0.15, 0.2) is 0 Å². The Balaban J connectivity index is 2.26. The van der Waals surface area contributed by atoms with Crippen molar-refractivity contribution in [3.05, 3.63) is 30.1 Å². The predicted octanol–water partition coefficient (Wildman–Crippen LogP) is 8.33. The van der Waals surface area contributed by atoms with E-state index in [0.717, 1.165) is 31.2 Å². The zero-order chi connectivity index (χ0) is 20.3. The van der Waals surface area contributed by atoms with Crippen LogP contribution in [0.15, 0.2) is 24.5 Å². The minimum atomic E-state index is -0.681. The second-order valence-electron chi connectivity index (χ2n) is 8.72. The fourth-order valence-corrected chi connectivity index (χ4v) is 4.15. The Kier molecular flexibility index (Phi) is 15.3. The van der Waals surface area contributed by atoms with Crippen molar-refractivity contribution in [2.45, 2.75) is 135 Å². The SMILES string of the molecule is CCCCCCCCCCCCC(O)(CCCCCCCC)c1cccnc1. The van der Waals surface area contributed by atoms with Crippen molar-refractivity contribution < 1.29 is 5.11 Å². The van der Waals surface area contributed by atoms with Crippen LogP contribution in [0, 0.1) is 0 Å². The van der Waals surface area contributed by atoms with Gasteiger partial charge in [0.05, 0.1) is 5.60 Å². The Labute approximate surface area is 175 Å². The third kappa shape index (κ3) is 11.8. The maximum absolute atomic E-state index is 11.4. The maximum Gasteiger partial charge on any atom is 0.0911 e. The molecule has 2 nitrogen and oxygen atoms in total. The van der Waals surface area contributed by atoms with Gasteiger partial charge in [-0.2, -0.15) is 0 Å². The number of aromatic nitrogens is 1. The highest BCUT2D eigenvalue weighted by atomic mass is 16.3. The van der Waals surface area contributed by atoms with Gasteiger partial charge < -0.3 is 5.11 Å². The van der Waals surface area contributed by atoms with Crippen molar-refractivity contribution in [1.29, 1.82) is 0 Å². The lowest BCUT2D eigenvalue weighted by molar-refractivity contribution is 0.0129. The second kappa shape index (κ2) is 17.0. The van der Waals surface area contributed by atoms with Crippen molar-refractivity contribution in [2.24, 2.45) is 0 Å². The van der Waals surface area contributed by atoms with Gasteiger partial charge in [-0.1, -0.05) is 123 Å². The average Bonchev–Trinajstić information content (AvgIpc) is 2.72. The molecule has 0 spiro atoms. The van der Waals surface area contributed by atoms with E-state index in [-0.39, 0.29) is 0 Å². The summed E-state index contributed by atoms with van der Waals surface area (Å²) in [7, 11) is 0. The third-order valence-corrected chi connectivity index (χ3v) is 6.09. The van der Waals surface area contributed by atoms with Gasteiger partial charge in [0.2, 0.25) is 0 Å². The summed E-state index contributed by atoms with van der Waals surface area (Å²) in [5, 5.41) is 11.4. The van der Waals surface area contributed by atoms with Crippen LogP contribution < -0.4 is 0 Å². The van der Waals surface area contributed by atoms with Crippen molar-refractivity contribution in [3.63, 3.8) is 0 Å². The molecular weight excluding hydrogens is 342 g/mol. The number of hydrogen-bond donors (Lipinski definition) is 1. The third-order valence-electron chi connectivity index (χ3n) is 6.09. The number of rotatable bonds is 19. The Morgan fingerprint density at radius 3 is 1.50 bits per heavy atom. The molecular formula is C26H47NO. The van der Waals surface area contributed by atoms with Gasteiger partial charge in [-0.25, -0.2) is 0 Å². The largest absolute Gasteiger partial charge is 0.385 e. The Morgan fingerprint density at radius 2 is 1.11 bits per heavy atom. The number of hydrogen-bond acceptors (Lipinski definition) is 2. The molecule has 0 amide bonds. The molecule has 0 bridgehead atoms. The molecule has 0 saturated carbocycles. The van der Waals surface area contributed by atoms with Gasteiger partial charge in [-0.3, -0.25) is 4.98 Å². The van der Waals surface area contributed by atoms with E-state index in [2.05, 4.69) is 24.9 Å². The molecule has 28 heavy (non-hydrogen) atoms. The molecule has 1 aromatic heterocycles. The van der Waals surface area contributed by atoms with E-state index in [1.165, 1.54) is 89.9 Å². The van der Waals surface area contributed by atoms with Crippen LogP contribution in [0.1, 0.15) is 135 Å². The summed E-state index contributed by atoms with van der Waals surface area (Å²) >= 11 is 0. The molecule has 162 valence electrons. The summed E-state index contributed by atoms with van der Waals surface area (Å²) in [5.41, 5.74) is 0.332. The first-order valence-corrected chi connectivity index (χ1v) is 12.4. The van der Waals surface area contributed by atoms with Crippen molar-refractivity contribution in [1.82, 2.24) is 4.98 Å². The summed E-state index contributed by atoms with van der Waals surface area (Å²) in [5.74, 6) is 0. The van der Waals surface area contributed by atoms with Gasteiger partial charge in [-0.15, -0.1) is 0 Å². The molecule has 1 N–H and O–H groups in total. The molecule has 0 aromatic carbocycles. The van der Waals surface area contributed by atoms with E-state index < -0.39 is 5.60 Å². The molecule has 1 unspecified atom stereocenters. The second-order valence-corrected chi connectivity index (χ2v) is 8.72. The van der Waals surface area contributed by atoms with E-state index in [1.807, 2.05) is 12.3 Å². The lowest BCUT2D eigenvalue weighted by Crippen LogP contribution is -2.26. The van der Waals surface area contributed by atoms with Crippen LogP contribution in [0.2, 0.25) is 0 Å². The van der Waals surface area contributed by atoms with E-state index in [9.17, 15) is 5.11 Å². The van der Waals surface area contributed by atoms with E-state index in [1.54, 1.807) is 6.20 Å². The fraction of sp³-hybridized carbons (Fsp3) is 0.808. The lowest BCUT2D eigenvalue weighted by Gasteiger charge is -2.29. The Morgan fingerprint density at radius 1 is 0.679 bits per heavy atom. The van der Waals surface area contributed by atoms with Gasteiger partial charge in [0, 0.05) is 18.0 Å².